The molecular weight excluding hydrogens is 235 g/mol. The Morgan fingerprint density at radius 2 is 2.28 bits per heavy atom. The third-order valence-corrected chi connectivity index (χ3v) is 3.72. The van der Waals surface area contributed by atoms with Crippen LogP contribution < -0.4 is 4.74 Å². The molecule has 1 atom stereocenters. The predicted octanol–water partition coefficient (Wildman–Crippen LogP) is 2.32. The quantitative estimate of drug-likeness (QED) is 0.823. The number of ether oxygens (including phenoxy) is 3. The van der Waals surface area contributed by atoms with Crippen molar-refractivity contribution in [1.82, 2.24) is 0 Å². The maximum absolute atomic E-state index is 13.0. The van der Waals surface area contributed by atoms with Crippen LogP contribution in [0.25, 0.3) is 0 Å². The molecule has 0 radical (unpaired) electrons. The second-order valence-electron chi connectivity index (χ2n) is 5.09. The second-order valence-corrected chi connectivity index (χ2v) is 5.09. The van der Waals surface area contributed by atoms with Gasteiger partial charge in [0, 0.05) is 19.6 Å². The normalized spacial score (nSPS) is 24.2. The monoisotopic (exact) mass is 252 g/mol. The summed E-state index contributed by atoms with van der Waals surface area (Å²) in [5, 5.41) is 0. The minimum Gasteiger partial charge on any atom is -0.490 e. The van der Waals surface area contributed by atoms with Crippen LogP contribution in [-0.4, -0.2) is 32.0 Å². The minimum atomic E-state index is -0.260. The molecule has 2 aliphatic rings. The Bertz CT molecular complexity index is 443. The van der Waals surface area contributed by atoms with E-state index in [4.69, 9.17) is 14.2 Å². The lowest BCUT2D eigenvalue weighted by atomic mass is 10.0. The summed E-state index contributed by atoms with van der Waals surface area (Å²) in [5.41, 5.74) is 0.957. The fourth-order valence-corrected chi connectivity index (χ4v) is 2.24. The van der Waals surface area contributed by atoms with Crippen LogP contribution in [0.4, 0.5) is 4.39 Å². The topological polar surface area (TPSA) is 27.7 Å². The van der Waals surface area contributed by atoms with Gasteiger partial charge in [-0.3, -0.25) is 0 Å². The van der Waals surface area contributed by atoms with E-state index in [-0.39, 0.29) is 17.5 Å². The number of halogens is 1. The van der Waals surface area contributed by atoms with Crippen molar-refractivity contribution in [2.24, 2.45) is 0 Å². The number of benzene rings is 1. The van der Waals surface area contributed by atoms with Crippen LogP contribution in [0.2, 0.25) is 0 Å². The highest BCUT2D eigenvalue weighted by molar-refractivity contribution is 5.36. The van der Waals surface area contributed by atoms with Crippen LogP contribution in [0.1, 0.15) is 18.4 Å². The van der Waals surface area contributed by atoms with Crippen molar-refractivity contribution < 1.29 is 18.6 Å². The third-order valence-electron chi connectivity index (χ3n) is 3.72. The Labute approximate surface area is 106 Å². The van der Waals surface area contributed by atoms with Gasteiger partial charge in [0.1, 0.15) is 18.2 Å². The van der Waals surface area contributed by atoms with Crippen molar-refractivity contribution in [2.45, 2.75) is 31.0 Å². The largest absolute Gasteiger partial charge is 0.490 e. The van der Waals surface area contributed by atoms with Crippen LogP contribution in [0.3, 0.4) is 0 Å². The van der Waals surface area contributed by atoms with Crippen molar-refractivity contribution in [3.63, 3.8) is 0 Å². The lowest BCUT2D eigenvalue weighted by Gasteiger charge is -2.27. The molecule has 1 unspecified atom stereocenters. The van der Waals surface area contributed by atoms with Gasteiger partial charge in [0.25, 0.3) is 0 Å². The third kappa shape index (κ3) is 2.35. The molecule has 0 bridgehead atoms. The number of fused-ring (bicyclic) bond motifs is 1. The number of methoxy groups -OCH3 is 1. The highest BCUT2D eigenvalue weighted by Gasteiger charge is 2.44. The van der Waals surface area contributed by atoms with E-state index in [0.29, 0.717) is 19.0 Å². The Morgan fingerprint density at radius 3 is 3.00 bits per heavy atom. The van der Waals surface area contributed by atoms with Gasteiger partial charge in [-0.05, 0) is 24.5 Å². The average Bonchev–Trinajstić information content (AvgIpc) is 3.17. The van der Waals surface area contributed by atoms with Crippen LogP contribution in [-0.2, 0) is 15.9 Å². The van der Waals surface area contributed by atoms with Gasteiger partial charge < -0.3 is 14.2 Å². The molecule has 3 nitrogen and oxygen atoms in total. The highest BCUT2D eigenvalue weighted by Crippen LogP contribution is 2.39. The molecule has 0 amide bonds. The molecule has 1 aromatic carbocycles. The van der Waals surface area contributed by atoms with E-state index in [1.165, 1.54) is 12.1 Å². The van der Waals surface area contributed by atoms with Crippen molar-refractivity contribution in [2.75, 3.05) is 20.3 Å². The Morgan fingerprint density at radius 1 is 1.44 bits per heavy atom. The highest BCUT2D eigenvalue weighted by atomic mass is 19.1. The Kier molecular flexibility index (Phi) is 2.99. The molecule has 1 heterocycles. The zero-order valence-electron chi connectivity index (χ0n) is 10.4. The van der Waals surface area contributed by atoms with Gasteiger partial charge >= 0.3 is 0 Å². The maximum atomic E-state index is 13.0. The van der Waals surface area contributed by atoms with E-state index in [1.54, 1.807) is 13.2 Å². The Hall–Kier alpha value is -1.13. The predicted molar refractivity (Wildman–Crippen MR) is 64.3 cm³/mol. The zero-order valence-corrected chi connectivity index (χ0v) is 10.4. The number of hydrogen-bond acceptors (Lipinski definition) is 3. The first-order chi connectivity index (χ1) is 8.71. The molecule has 1 aliphatic heterocycles. The summed E-state index contributed by atoms with van der Waals surface area (Å²) >= 11 is 0. The molecule has 0 spiro atoms. The molecule has 1 fully saturated rings. The van der Waals surface area contributed by atoms with E-state index in [1.807, 2.05) is 0 Å². The summed E-state index contributed by atoms with van der Waals surface area (Å²) in [6, 6.07) is 4.66. The average molecular weight is 252 g/mol. The number of rotatable bonds is 4. The fraction of sp³-hybridized carbons (Fsp3) is 0.571. The summed E-state index contributed by atoms with van der Waals surface area (Å²) in [7, 11) is 1.73. The molecule has 1 aliphatic carbocycles. The van der Waals surface area contributed by atoms with Gasteiger partial charge in [-0.25, -0.2) is 4.39 Å². The fourth-order valence-electron chi connectivity index (χ4n) is 2.24. The summed E-state index contributed by atoms with van der Waals surface area (Å²) < 4.78 is 29.8. The molecule has 0 N–H and O–H groups in total. The summed E-state index contributed by atoms with van der Waals surface area (Å²) in [6.45, 7) is 1.10. The maximum Gasteiger partial charge on any atom is 0.126 e. The lowest BCUT2D eigenvalue weighted by molar-refractivity contribution is -0.0571. The van der Waals surface area contributed by atoms with E-state index in [2.05, 4.69) is 0 Å². The molecule has 1 saturated carbocycles. The van der Waals surface area contributed by atoms with Crippen LogP contribution in [0.15, 0.2) is 18.2 Å². The molecule has 0 saturated heterocycles. The minimum absolute atomic E-state index is 0.0376. The van der Waals surface area contributed by atoms with Crippen molar-refractivity contribution in [3.05, 3.63) is 29.6 Å². The van der Waals surface area contributed by atoms with Crippen LogP contribution in [0.5, 0.6) is 5.75 Å². The molecule has 18 heavy (non-hydrogen) atoms. The zero-order chi connectivity index (χ0) is 12.6. The summed E-state index contributed by atoms with van der Waals surface area (Å²) in [6.07, 6.45) is 2.95. The first-order valence-electron chi connectivity index (χ1n) is 6.29. The van der Waals surface area contributed by atoms with E-state index < -0.39 is 0 Å². The van der Waals surface area contributed by atoms with Crippen LogP contribution >= 0.6 is 0 Å². The van der Waals surface area contributed by atoms with Crippen LogP contribution in [0, 0.1) is 5.82 Å². The Balaban J connectivity index is 1.59. The smallest absolute Gasteiger partial charge is 0.126 e. The van der Waals surface area contributed by atoms with Crippen molar-refractivity contribution >= 4 is 0 Å². The van der Waals surface area contributed by atoms with Gasteiger partial charge in [0.15, 0.2) is 0 Å². The van der Waals surface area contributed by atoms with E-state index >= 15 is 0 Å². The van der Waals surface area contributed by atoms with Crippen molar-refractivity contribution in [1.29, 1.82) is 0 Å². The molecule has 98 valence electrons. The van der Waals surface area contributed by atoms with Gasteiger partial charge in [0.2, 0.25) is 0 Å². The summed E-state index contributed by atoms with van der Waals surface area (Å²) in [5.74, 6) is 0.382. The molecule has 4 heteroatoms. The first kappa shape index (κ1) is 11.9. The van der Waals surface area contributed by atoms with Crippen molar-refractivity contribution in [3.8, 4) is 5.75 Å². The van der Waals surface area contributed by atoms with E-state index in [0.717, 1.165) is 24.8 Å². The van der Waals surface area contributed by atoms with Gasteiger partial charge in [-0.15, -0.1) is 0 Å². The number of hydrogen-bond donors (Lipinski definition) is 0. The lowest BCUT2D eigenvalue weighted by Crippen LogP contribution is -2.32. The second kappa shape index (κ2) is 4.52. The van der Waals surface area contributed by atoms with Gasteiger partial charge in [0.05, 0.1) is 18.3 Å². The molecule has 3 rings (SSSR count). The molecular formula is C14H17FO3. The molecule has 0 aromatic heterocycles. The van der Waals surface area contributed by atoms with Gasteiger partial charge in [-0.2, -0.15) is 0 Å². The van der Waals surface area contributed by atoms with Gasteiger partial charge in [-0.1, -0.05) is 6.07 Å². The SMILES string of the molecule is COC1(COC2COc3cc(F)ccc3C2)CC1. The summed E-state index contributed by atoms with van der Waals surface area (Å²) in [4.78, 5) is 0. The van der Waals surface area contributed by atoms with E-state index in [9.17, 15) is 4.39 Å². The first-order valence-corrected chi connectivity index (χ1v) is 6.29. The standard InChI is InChI=1S/C14H17FO3/c1-16-14(4-5-14)9-18-12-6-10-2-3-11(15)7-13(10)17-8-12/h2-3,7,12H,4-6,8-9H2,1H3. The molecule has 1 aromatic rings.